The van der Waals surface area contributed by atoms with Crippen molar-refractivity contribution in [3.05, 3.63) is 35.0 Å². The zero-order valence-electron chi connectivity index (χ0n) is 6.34. The van der Waals surface area contributed by atoms with Gasteiger partial charge in [0.1, 0.15) is 0 Å². The molecule has 0 aliphatic rings. The molecule has 0 unspecified atom stereocenters. The number of hydrogen-bond acceptors (Lipinski definition) is 1. The molecule has 1 heterocycles. The van der Waals surface area contributed by atoms with Gasteiger partial charge in [0.05, 0.1) is 17.3 Å². The molecule has 0 saturated carbocycles. The molecule has 0 fully saturated rings. The second kappa shape index (κ2) is 2.81. The number of benzene rings is 1. The Bertz CT molecular complexity index is 408. The van der Waals surface area contributed by atoms with Crippen molar-refractivity contribution >= 4 is 22.5 Å². The number of fused-ring (bicyclic) bond motifs is 1. The van der Waals surface area contributed by atoms with Gasteiger partial charge in [-0.3, -0.25) is 0 Å². The predicted molar refractivity (Wildman–Crippen MR) is 49.2 cm³/mol. The number of hydrogen-bond donors (Lipinski definition) is 2. The van der Waals surface area contributed by atoms with Crippen molar-refractivity contribution in [1.82, 2.24) is 4.98 Å². The van der Waals surface area contributed by atoms with Crippen LogP contribution in [0.25, 0.3) is 10.9 Å². The molecule has 0 saturated heterocycles. The second-order valence-corrected chi connectivity index (χ2v) is 3.00. The minimum Gasteiger partial charge on any atom is -0.390 e. The van der Waals surface area contributed by atoms with Gasteiger partial charge in [-0.15, -0.1) is 0 Å². The fourth-order valence-corrected chi connectivity index (χ4v) is 1.54. The fraction of sp³-hybridized carbons (Fsp3) is 0.111. The number of aliphatic hydroxyl groups is 1. The van der Waals surface area contributed by atoms with E-state index in [0.29, 0.717) is 10.7 Å². The highest BCUT2D eigenvalue weighted by molar-refractivity contribution is 6.36. The molecule has 1 aromatic carbocycles. The third kappa shape index (κ3) is 1.00. The molecule has 2 rings (SSSR count). The Labute approximate surface area is 74.8 Å². The Hall–Kier alpha value is -0.990. The molecule has 62 valence electrons. The molecular weight excluding hydrogens is 174 g/mol. The summed E-state index contributed by atoms with van der Waals surface area (Å²) in [5, 5.41) is 10.5. The molecule has 2 aromatic rings. The molecule has 2 N–H and O–H groups in total. The number of H-pyrrole nitrogens is 1. The number of aromatic amines is 1. The lowest BCUT2D eigenvalue weighted by Gasteiger charge is -1.88. The molecular formula is C9H8ClNO. The highest BCUT2D eigenvalue weighted by Gasteiger charge is 2.06. The maximum atomic E-state index is 8.90. The van der Waals surface area contributed by atoms with Crippen LogP contribution in [0.1, 0.15) is 5.69 Å². The first-order chi connectivity index (χ1) is 5.83. The summed E-state index contributed by atoms with van der Waals surface area (Å²) in [7, 11) is 0. The zero-order chi connectivity index (χ0) is 8.55. The lowest BCUT2D eigenvalue weighted by molar-refractivity contribution is 0.278. The first kappa shape index (κ1) is 7.65. The van der Waals surface area contributed by atoms with Crippen LogP contribution in [0.3, 0.4) is 0 Å². The standard InChI is InChI=1S/C9H8ClNO/c10-9-6-3-1-2-4-7(6)11-8(9)5-12/h1-4,11-12H,5H2. The van der Waals surface area contributed by atoms with E-state index in [1.807, 2.05) is 24.3 Å². The van der Waals surface area contributed by atoms with Crippen molar-refractivity contribution in [2.45, 2.75) is 6.61 Å². The van der Waals surface area contributed by atoms with Gasteiger partial charge in [-0.2, -0.15) is 0 Å². The Balaban J connectivity index is 2.78. The van der Waals surface area contributed by atoms with Crippen LogP contribution in [0.2, 0.25) is 5.02 Å². The lowest BCUT2D eigenvalue weighted by atomic mass is 10.2. The number of halogens is 1. The van der Waals surface area contributed by atoms with Gasteiger partial charge in [-0.05, 0) is 6.07 Å². The average molecular weight is 182 g/mol. The number of rotatable bonds is 1. The van der Waals surface area contributed by atoms with Crippen molar-refractivity contribution in [3.63, 3.8) is 0 Å². The molecule has 0 aliphatic carbocycles. The highest BCUT2D eigenvalue weighted by atomic mass is 35.5. The fourth-order valence-electron chi connectivity index (χ4n) is 1.27. The highest BCUT2D eigenvalue weighted by Crippen LogP contribution is 2.26. The van der Waals surface area contributed by atoms with Crippen molar-refractivity contribution in [1.29, 1.82) is 0 Å². The normalized spacial score (nSPS) is 10.8. The number of aromatic nitrogens is 1. The largest absolute Gasteiger partial charge is 0.390 e. The molecule has 0 amide bonds. The average Bonchev–Trinajstić information content (AvgIpc) is 2.44. The summed E-state index contributed by atoms with van der Waals surface area (Å²) in [5.41, 5.74) is 1.64. The van der Waals surface area contributed by atoms with Gasteiger partial charge in [0, 0.05) is 10.9 Å². The van der Waals surface area contributed by atoms with E-state index >= 15 is 0 Å². The summed E-state index contributed by atoms with van der Waals surface area (Å²) in [6.07, 6.45) is 0. The third-order valence-corrected chi connectivity index (χ3v) is 2.30. The van der Waals surface area contributed by atoms with Crippen LogP contribution in [0.15, 0.2) is 24.3 Å². The van der Waals surface area contributed by atoms with Gasteiger partial charge in [-0.1, -0.05) is 29.8 Å². The van der Waals surface area contributed by atoms with Gasteiger partial charge < -0.3 is 10.1 Å². The van der Waals surface area contributed by atoms with Crippen LogP contribution < -0.4 is 0 Å². The van der Waals surface area contributed by atoms with Gasteiger partial charge in [0.25, 0.3) is 0 Å². The summed E-state index contributed by atoms with van der Waals surface area (Å²) in [5.74, 6) is 0. The van der Waals surface area contributed by atoms with Crippen LogP contribution in [0.4, 0.5) is 0 Å². The van der Waals surface area contributed by atoms with Gasteiger partial charge in [0.15, 0.2) is 0 Å². The molecule has 3 heteroatoms. The number of aliphatic hydroxyl groups excluding tert-OH is 1. The summed E-state index contributed by atoms with van der Waals surface area (Å²) in [6, 6.07) is 7.70. The third-order valence-electron chi connectivity index (χ3n) is 1.87. The van der Waals surface area contributed by atoms with Crippen LogP contribution in [-0.4, -0.2) is 10.1 Å². The van der Waals surface area contributed by atoms with Crippen LogP contribution in [-0.2, 0) is 6.61 Å². The monoisotopic (exact) mass is 181 g/mol. The van der Waals surface area contributed by atoms with Crippen molar-refractivity contribution in [2.75, 3.05) is 0 Å². The molecule has 0 radical (unpaired) electrons. The minimum atomic E-state index is -0.0481. The second-order valence-electron chi connectivity index (χ2n) is 2.62. The van der Waals surface area contributed by atoms with Crippen molar-refractivity contribution in [3.8, 4) is 0 Å². The van der Waals surface area contributed by atoms with E-state index in [4.69, 9.17) is 16.7 Å². The van der Waals surface area contributed by atoms with E-state index in [2.05, 4.69) is 4.98 Å². The minimum absolute atomic E-state index is 0.0481. The number of para-hydroxylation sites is 1. The molecule has 12 heavy (non-hydrogen) atoms. The van der Waals surface area contributed by atoms with Crippen LogP contribution in [0, 0.1) is 0 Å². The van der Waals surface area contributed by atoms with E-state index in [1.165, 1.54) is 0 Å². The van der Waals surface area contributed by atoms with E-state index in [0.717, 1.165) is 10.9 Å². The summed E-state index contributed by atoms with van der Waals surface area (Å²) in [6.45, 7) is -0.0481. The molecule has 1 aromatic heterocycles. The maximum absolute atomic E-state index is 8.90. The number of nitrogens with one attached hydrogen (secondary N) is 1. The first-order valence-electron chi connectivity index (χ1n) is 3.69. The van der Waals surface area contributed by atoms with Crippen LogP contribution in [0.5, 0.6) is 0 Å². The smallest absolute Gasteiger partial charge is 0.0846 e. The zero-order valence-corrected chi connectivity index (χ0v) is 7.10. The van der Waals surface area contributed by atoms with Gasteiger partial charge in [-0.25, -0.2) is 0 Å². The SMILES string of the molecule is OCc1[nH]c2ccccc2c1Cl. The van der Waals surface area contributed by atoms with Crippen molar-refractivity contribution < 1.29 is 5.11 Å². The Morgan fingerprint density at radius 3 is 2.75 bits per heavy atom. The van der Waals surface area contributed by atoms with Crippen LogP contribution >= 0.6 is 11.6 Å². The summed E-state index contributed by atoms with van der Waals surface area (Å²) in [4.78, 5) is 3.03. The predicted octanol–water partition coefficient (Wildman–Crippen LogP) is 2.31. The molecule has 0 bridgehead atoms. The Kier molecular flexibility index (Phi) is 1.79. The lowest BCUT2D eigenvalue weighted by Crippen LogP contribution is -1.81. The van der Waals surface area contributed by atoms with Crippen molar-refractivity contribution in [2.24, 2.45) is 0 Å². The van der Waals surface area contributed by atoms with Gasteiger partial charge >= 0.3 is 0 Å². The van der Waals surface area contributed by atoms with E-state index in [9.17, 15) is 0 Å². The van der Waals surface area contributed by atoms with E-state index in [-0.39, 0.29) is 6.61 Å². The Morgan fingerprint density at radius 1 is 1.33 bits per heavy atom. The Morgan fingerprint density at radius 2 is 2.08 bits per heavy atom. The topological polar surface area (TPSA) is 36.0 Å². The quantitative estimate of drug-likeness (QED) is 0.696. The maximum Gasteiger partial charge on any atom is 0.0846 e. The molecule has 0 spiro atoms. The van der Waals surface area contributed by atoms with Gasteiger partial charge in [0.2, 0.25) is 0 Å². The van der Waals surface area contributed by atoms with E-state index < -0.39 is 0 Å². The summed E-state index contributed by atoms with van der Waals surface area (Å²) >= 11 is 5.97. The molecule has 0 aliphatic heterocycles. The first-order valence-corrected chi connectivity index (χ1v) is 4.06. The van der Waals surface area contributed by atoms with E-state index in [1.54, 1.807) is 0 Å². The molecule has 2 nitrogen and oxygen atoms in total. The molecule has 0 atom stereocenters. The summed E-state index contributed by atoms with van der Waals surface area (Å²) < 4.78 is 0.